The van der Waals surface area contributed by atoms with Crippen LogP contribution in [-0.2, 0) is 6.42 Å². The molecule has 120 valence electrons. The lowest BCUT2D eigenvalue weighted by molar-refractivity contribution is -0.385. The largest absolute Gasteiger partial charge is 0.391 e. The summed E-state index contributed by atoms with van der Waals surface area (Å²) in [5.41, 5.74) is 0.182. The van der Waals surface area contributed by atoms with E-state index < -0.39 is 28.4 Å². The van der Waals surface area contributed by atoms with E-state index in [4.69, 9.17) is 0 Å². The van der Waals surface area contributed by atoms with Crippen LogP contribution in [-0.4, -0.2) is 28.6 Å². The second-order valence-corrected chi connectivity index (χ2v) is 4.97. The highest BCUT2D eigenvalue weighted by Crippen LogP contribution is 2.16. The van der Waals surface area contributed by atoms with Crippen LogP contribution in [0.2, 0.25) is 0 Å². The second-order valence-electron chi connectivity index (χ2n) is 4.97. The van der Waals surface area contributed by atoms with Crippen LogP contribution in [0.3, 0.4) is 0 Å². The number of amides is 1. The molecule has 0 spiro atoms. The summed E-state index contributed by atoms with van der Waals surface area (Å²) >= 11 is 0. The highest BCUT2D eigenvalue weighted by Gasteiger charge is 2.17. The lowest BCUT2D eigenvalue weighted by Crippen LogP contribution is -2.33. The highest BCUT2D eigenvalue weighted by molar-refractivity contribution is 5.94. The van der Waals surface area contributed by atoms with Gasteiger partial charge in [-0.25, -0.2) is 4.39 Å². The monoisotopic (exact) mass is 318 g/mol. The zero-order valence-electron chi connectivity index (χ0n) is 12.1. The number of nitro benzene ring substituents is 1. The average molecular weight is 318 g/mol. The maximum atomic E-state index is 13.7. The number of hydrogen-bond donors (Lipinski definition) is 2. The van der Waals surface area contributed by atoms with Crippen LogP contribution in [0, 0.1) is 15.9 Å². The number of non-ortho nitro benzene ring substituents is 1. The number of rotatable bonds is 6. The summed E-state index contributed by atoms with van der Waals surface area (Å²) in [5, 5.41) is 22.8. The Labute approximate surface area is 131 Å². The van der Waals surface area contributed by atoms with E-state index in [0.29, 0.717) is 12.5 Å². The number of benzene rings is 2. The maximum Gasteiger partial charge on any atom is 0.272 e. The van der Waals surface area contributed by atoms with Crippen molar-refractivity contribution in [3.63, 3.8) is 0 Å². The lowest BCUT2D eigenvalue weighted by Gasteiger charge is -2.12. The summed E-state index contributed by atoms with van der Waals surface area (Å²) in [6.07, 6.45) is -0.466. The third-order valence-corrected chi connectivity index (χ3v) is 3.22. The minimum atomic E-state index is -0.978. The third-order valence-electron chi connectivity index (χ3n) is 3.22. The van der Waals surface area contributed by atoms with Crippen molar-refractivity contribution in [2.45, 2.75) is 12.5 Å². The number of nitrogens with zero attached hydrogens (tertiary/aromatic N) is 1. The van der Waals surface area contributed by atoms with E-state index in [1.807, 2.05) is 30.3 Å². The first-order chi connectivity index (χ1) is 11.0. The van der Waals surface area contributed by atoms with E-state index in [9.17, 15) is 24.4 Å². The predicted molar refractivity (Wildman–Crippen MR) is 81.5 cm³/mol. The van der Waals surface area contributed by atoms with Gasteiger partial charge in [-0.2, -0.15) is 0 Å². The molecule has 2 N–H and O–H groups in total. The summed E-state index contributed by atoms with van der Waals surface area (Å²) in [6, 6.07) is 12.0. The molecule has 1 unspecified atom stereocenters. The van der Waals surface area contributed by atoms with E-state index in [2.05, 4.69) is 5.32 Å². The molecule has 2 aromatic rings. The fourth-order valence-corrected chi connectivity index (χ4v) is 2.07. The average Bonchev–Trinajstić information content (AvgIpc) is 2.53. The van der Waals surface area contributed by atoms with Crippen molar-refractivity contribution >= 4 is 11.6 Å². The van der Waals surface area contributed by atoms with E-state index >= 15 is 0 Å². The Balaban J connectivity index is 1.93. The molecule has 2 aromatic carbocycles. The normalized spacial score (nSPS) is 11.7. The van der Waals surface area contributed by atoms with Gasteiger partial charge in [0.05, 0.1) is 22.7 Å². The molecule has 2 rings (SSSR count). The summed E-state index contributed by atoms with van der Waals surface area (Å²) in [6.45, 7) is -0.0514. The Hall–Kier alpha value is -2.80. The fourth-order valence-electron chi connectivity index (χ4n) is 2.07. The van der Waals surface area contributed by atoms with Gasteiger partial charge in [-0.15, -0.1) is 0 Å². The number of nitrogens with one attached hydrogen (secondary N) is 1. The Bertz CT molecular complexity index is 706. The van der Waals surface area contributed by atoms with Gasteiger partial charge in [-0.3, -0.25) is 14.9 Å². The summed E-state index contributed by atoms with van der Waals surface area (Å²) in [4.78, 5) is 21.7. The first kappa shape index (κ1) is 16.6. The zero-order chi connectivity index (χ0) is 16.8. The molecule has 1 amide bonds. The Kier molecular flexibility index (Phi) is 5.37. The molecular formula is C16H15FN2O4. The van der Waals surface area contributed by atoms with Crippen LogP contribution in [0.1, 0.15) is 15.9 Å². The molecule has 0 aliphatic carbocycles. The molecule has 0 bridgehead atoms. The highest BCUT2D eigenvalue weighted by atomic mass is 19.1. The molecule has 0 heterocycles. The second kappa shape index (κ2) is 7.46. The van der Waals surface area contributed by atoms with E-state index in [1.54, 1.807) is 0 Å². The van der Waals surface area contributed by atoms with E-state index in [-0.39, 0.29) is 12.1 Å². The molecule has 0 saturated heterocycles. The molecule has 23 heavy (non-hydrogen) atoms. The molecular weight excluding hydrogens is 303 g/mol. The summed E-state index contributed by atoms with van der Waals surface area (Å²) in [5.74, 6) is -1.71. The van der Waals surface area contributed by atoms with Crippen molar-refractivity contribution in [1.29, 1.82) is 0 Å². The molecule has 0 radical (unpaired) electrons. The van der Waals surface area contributed by atoms with Gasteiger partial charge in [0.25, 0.3) is 11.6 Å². The van der Waals surface area contributed by atoms with Crippen molar-refractivity contribution in [1.82, 2.24) is 5.32 Å². The minimum absolute atomic E-state index is 0.0514. The summed E-state index contributed by atoms with van der Waals surface area (Å²) < 4.78 is 13.7. The molecule has 6 nitrogen and oxygen atoms in total. The molecule has 0 aliphatic heterocycles. The Morgan fingerprint density at radius 3 is 2.57 bits per heavy atom. The van der Waals surface area contributed by atoms with Gasteiger partial charge < -0.3 is 10.4 Å². The quantitative estimate of drug-likeness (QED) is 0.630. The number of halogens is 1. The first-order valence-corrected chi connectivity index (χ1v) is 6.91. The van der Waals surface area contributed by atoms with Crippen LogP contribution in [0.15, 0.2) is 48.5 Å². The van der Waals surface area contributed by atoms with Gasteiger partial charge in [-0.1, -0.05) is 30.3 Å². The number of hydrogen-bond acceptors (Lipinski definition) is 4. The molecule has 7 heteroatoms. The minimum Gasteiger partial charge on any atom is -0.391 e. The van der Waals surface area contributed by atoms with Crippen LogP contribution in [0.5, 0.6) is 0 Å². The van der Waals surface area contributed by atoms with Crippen LogP contribution < -0.4 is 5.32 Å². The van der Waals surface area contributed by atoms with E-state index in [0.717, 1.165) is 17.7 Å². The fraction of sp³-hybridized carbons (Fsp3) is 0.188. The van der Waals surface area contributed by atoms with Gasteiger partial charge in [-0.05, 0) is 11.6 Å². The van der Waals surface area contributed by atoms with Crippen LogP contribution >= 0.6 is 0 Å². The SMILES string of the molecule is O=C(NCC(O)Cc1ccccc1)c1ccc([N+](=O)[O-])cc1F. The zero-order valence-corrected chi connectivity index (χ0v) is 12.1. The van der Waals surface area contributed by atoms with Crippen molar-refractivity contribution in [3.05, 3.63) is 75.6 Å². The van der Waals surface area contributed by atoms with Gasteiger partial charge in [0.2, 0.25) is 0 Å². The topological polar surface area (TPSA) is 92.5 Å². The van der Waals surface area contributed by atoms with Crippen LogP contribution in [0.25, 0.3) is 0 Å². The number of aliphatic hydroxyl groups is 1. The van der Waals surface area contributed by atoms with Gasteiger partial charge >= 0.3 is 0 Å². The van der Waals surface area contributed by atoms with Crippen molar-refractivity contribution in [3.8, 4) is 0 Å². The smallest absolute Gasteiger partial charge is 0.272 e. The van der Waals surface area contributed by atoms with Crippen molar-refractivity contribution in [2.24, 2.45) is 0 Å². The van der Waals surface area contributed by atoms with Crippen LogP contribution in [0.4, 0.5) is 10.1 Å². The van der Waals surface area contributed by atoms with E-state index in [1.165, 1.54) is 0 Å². The maximum absolute atomic E-state index is 13.7. The number of aliphatic hydroxyl groups excluding tert-OH is 1. The van der Waals surface area contributed by atoms with Crippen molar-refractivity contribution < 1.29 is 19.2 Å². The standard InChI is InChI=1S/C16H15FN2O4/c17-15-9-12(19(22)23)6-7-14(15)16(21)18-10-13(20)8-11-4-2-1-3-5-11/h1-7,9,13,20H,8,10H2,(H,18,21). The molecule has 0 aliphatic rings. The van der Waals surface area contributed by atoms with Crippen molar-refractivity contribution in [2.75, 3.05) is 6.54 Å². The molecule has 0 fully saturated rings. The molecule has 0 saturated carbocycles. The van der Waals surface area contributed by atoms with Gasteiger partial charge in [0.1, 0.15) is 5.82 Å². The Morgan fingerprint density at radius 2 is 1.96 bits per heavy atom. The number of carbonyl (C=O) groups excluding carboxylic acids is 1. The molecule has 1 atom stereocenters. The number of carbonyl (C=O) groups is 1. The number of nitro groups is 1. The molecule has 0 aromatic heterocycles. The lowest BCUT2D eigenvalue weighted by atomic mass is 10.1. The third kappa shape index (κ3) is 4.58. The predicted octanol–water partition coefficient (Wildman–Crippen LogP) is 2.07. The first-order valence-electron chi connectivity index (χ1n) is 6.91. The van der Waals surface area contributed by atoms with Gasteiger partial charge in [0.15, 0.2) is 0 Å². The summed E-state index contributed by atoms with van der Waals surface area (Å²) in [7, 11) is 0. The van der Waals surface area contributed by atoms with Gasteiger partial charge in [0, 0.05) is 19.0 Å². The Morgan fingerprint density at radius 1 is 1.26 bits per heavy atom.